The smallest absolute Gasteiger partial charge is 0.0809 e. The van der Waals surface area contributed by atoms with Crippen LogP contribution in [0.25, 0.3) is 0 Å². The lowest BCUT2D eigenvalue weighted by atomic mass is 10.1. The molecule has 0 heterocycles. The predicted octanol–water partition coefficient (Wildman–Crippen LogP) is -2.14. The fourth-order valence-corrected chi connectivity index (χ4v) is 1.99. The van der Waals surface area contributed by atoms with Gasteiger partial charge in [-0.25, -0.2) is 0 Å². The van der Waals surface area contributed by atoms with Gasteiger partial charge >= 0.3 is 0 Å². The zero-order valence-electron chi connectivity index (χ0n) is 8.26. The van der Waals surface area contributed by atoms with Gasteiger partial charge in [-0.15, -0.1) is 0 Å². The Kier molecular flexibility index (Phi) is 5.02. The first-order valence-corrected chi connectivity index (χ1v) is 4.46. The van der Waals surface area contributed by atoms with Crippen LogP contribution in [0, 0.1) is 5.92 Å². The van der Waals surface area contributed by atoms with Crippen molar-refractivity contribution in [2.24, 2.45) is 5.92 Å². The normalized spacial score (nSPS) is 30.0. The second kappa shape index (κ2) is 4.77. The number of halogens is 1. The van der Waals surface area contributed by atoms with Crippen molar-refractivity contribution in [3.63, 3.8) is 0 Å². The molecule has 0 spiro atoms. The Balaban J connectivity index is 0.00000121. The van der Waals surface area contributed by atoms with E-state index in [4.69, 9.17) is 0 Å². The van der Waals surface area contributed by atoms with Crippen LogP contribution in [-0.4, -0.2) is 43.4 Å². The molecule has 0 aromatic carbocycles. The number of hydrogen-bond donors (Lipinski definition) is 1. The molecule has 12 heavy (non-hydrogen) atoms. The standard InChI is InChI=1S/C9H20NO.HI/c1-10(2,3)7-8-4-5-9(11)6-8;/h8-9,11H,4-7H2,1-3H3;1H/q+1;/p-1/t8-,9+;/m0./s1. The van der Waals surface area contributed by atoms with Crippen molar-refractivity contribution in [3.05, 3.63) is 0 Å². The van der Waals surface area contributed by atoms with Crippen LogP contribution in [-0.2, 0) is 0 Å². The van der Waals surface area contributed by atoms with Gasteiger partial charge < -0.3 is 33.6 Å². The highest BCUT2D eigenvalue weighted by atomic mass is 127. The van der Waals surface area contributed by atoms with Crippen molar-refractivity contribution in [2.75, 3.05) is 27.7 Å². The summed E-state index contributed by atoms with van der Waals surface area (Å²) in [5.41, 5.74) is 0. The maximum absolute atomic E-state index is 9.29. The zero-order valence-corrected chi connectivity index (χ0v) is 10.4. The Morgan fingerprint density at radius 1 is 1.25 bits per heavy atom. The quantitative estimate of drug-likeness (QED) is 0.453. The first kappa shape index (κ1) is 12.7. The van der Waals surface area contributed by atoms with Crippen LogP contribution in [0.5, 0.6) is 0 Å². The molecule has 2 atom stereocenters. The molecule has 1 rings (SSSR count). The third-order valence-corrected chi connectivity index (χ3v) is 2.32. The van der Waals surface area contributed by atoms with Crippen molar-refractivity contribution in [2.45, 2.75) is 25.4 Å². The van der Waals surface area contributed by atoms with E-state index in [0.29, 0.717) is 0 Å². The third kappa shape index (κ3) is 4.62. The van der Waals surface area contributed by atoms with Gasteiger partial charge in [0.1, 0.15) is 0 Å². The van der Waals surface area contributed by atoms with Crippen molar-refractivity contribution in [1.29, 1.82) is 0 Å². The Morgan fingerprint density at radius 2 is 1.83 bits per heavy atom. The van der Waals surface area contributed by atoms with Crippen molar-refractivity contribution in [1.82, 2.24) is 0 Å². The van der Waals surface area contributed by atoms with Gasteiger partial charge in [-0.1, -0.05) is 0 Å². The molecule has 3 heteroatoms. The molecule has 0 aliphatic heterocycles. The predicted molar refractivity (Wildman–Crippen MR) is 46.2 cm³/mol. The van der Waals surface area contributed by atoms with Crippen LogP contribution in [0.4, 0.5) is 0 Å². The van der Waals surface area contributed by atoms with Gasteiger partial charge in [-0.05, 0) is 19.3 Å². The molecular formula is C9H20INO. The van der Waals surface area contributed by atoms with E-state index < -0.39 is 0 Å². The first-order valence-electron chi connectivity index (χ1n) is 4.46. The van der Waals surface area contributed by atoms with Gasteiger partial charge in [0, 0.05) is 5.92 Å². The summed E-state index contributed by atoms with van der Waals surface area (Å²) in [5.74, 6) is 0.755. The third-order valence-electron chi connectivity index (χ3n) is 2.32. The van der Waals surface area contributed by atoms with Gasteiger partial charge in [-0.3, -0.25) is 0 Å². The molecule has 0 aromatic heterocycles. The molecule has 0 bridgehead atoms. The Labute approximate surface area is 92.6 Å². The Morgan fingerprint density at radius 3 is 2.17 bits per heavy atom. The summed E-state index contributed by atoms with van der Waals surface area (Å²) in [6.45, 7) is 1.21. The highest BCUT2D eigenvalue weighted by Gasteiger charge is 2.26. The fraction of sp³-hybridized carbons (Fsp3) is 1.00. The fourth-order valence-electron chi connectivity index (χ4n) is 1.99. The molecule has 1 saturated carbocycles. The molecule has 1 aliphatic rings. The number of aliphatic hydroxyl groups is 1. The summed E-state index contributed by atoms with van der Waals surface area (Å²) >= 11 is 0. The number of aliphatic hydroxyl groups excluding tert-OH is 1. The van der Waals surface area contributed by atoms with E-state index in [9.17, 15) is 5.11 Å². The van der Waals surface area contributed by atoms with E-state index >= 15 is 0 Å². The molecule has 0 amide bonds. The topological polar surface area (TPSA) is 20.2 Å². The zero-order chi connectivity index (χ0) is 8.48. The summed E-state index contributed by atoms with van der Waals surface area (Å²) in [5, 5.41) is 9.29. The monoisotopic (exact) mass is 285 g/mol. The lowest BCUT2D eigenvalue weighted by Crippen LogP contribution is -3.00. The number of hydrogen-bond acceptors (Lipinski definition) is 1. The molecule has 1 fully saturated rings. The van der Waals surface area contributed by atoms with Gasteiger partial charge in [0.25, 0.3) is 0 Å². The van der Waals surface area contributed by atoms with Gasteiger partial charge in [-0.2, -0.15) is 0 Å². The Hall–Kier alpha value is 0.650. The minimum absolute atomic E-state index is 0. The lowest BCUT2D eigenvalue weighted by Gasteiger charge is -2.27. The number of rotatable bonds is 2. The van der Waals surface area contributed by atoms with E-state index in [2.05, 4.69) is 21.1 Å². The van der Waals surface area contributed by atoms with Gasteiger partial charge in [0.2, 0.25) is 0 Å². The van der Waals surface area contributed by atoms with Crippen molar-refractivity contribution in [3.8, 4) is 0 Å². The van der Waals surface area contributed by atoms with Crippen LogP contribution >= 0.6 is 0 Å². The molecule has 1 N–H and O–H groups in total. The van der Waals surface area contributed by atoms with Crippen LogP contribution in [0.1, 0.15) is 19.3 Å². The molecule has 74 valence electrons. The molecule has 0 radical (unpaired) electrons. The van der Waals surface area contributed by atoms with Crippen molar-refractivity contribution < 1.29 is 33.6 Å². The highest BCUT2D eigenvalue weighted by molar-refractivity contribution is 4.73. The summed E-state index contributed by atoms with van der Waals surface area (Å²) < 4.78 is 1.03. The van der Waals surface area contributed by atoms with E-state index in [1.54, 1.807) is 0 Å². The van der Waals surface area contributed by atoms with Crippen molar-refractivity contribution >= 4 is 0 Å². The average Bonchev–Trinajstić information content (AvgIpc) is 2.10. The highest BCUT2D eigenvalue weighted by Crippen LogP contribution is 2.26. The maximum Gasteiger partial charge on any atom is 0.0809 e. The Bertz CT molecular complexity index is 133. The second-order valence-electron chi connectivity index (χ2n) is 4.81. The van der Waals surface area contributed by atoms with Crippen LogP contribution < -0.4 is 24.0 Å². The van der Waals surface area contributed by atoms with E-state index in [1.165, 1.54) is 13.0 Å². The minimum Gasteiger partial charge on any atom is -1.00 e. The summed E-state index contributed by atoms with van der Waals surface area (Å²) in [6, 6.07) is 0. The van der Waals surface area contributed by atoms with Crippen LogP contribution in [0.3, 0.4) is 0 Å². The first-order chi connectivity index (χ1) is 4.97. The second-order valence-corrected chi connectivity index (χ2v) is 4.81. The lowest BCUT2D eigenvalue weighted by molar-refractivity contribution is -0.873. The van der Waals surface area contributed by atoms with E-state index in [-0.39, 0.29) is 30.1 Å². The minimum atomic E-state index is -0.00782. The molecule has 0 saturated heterocycles. The molecule has 2 nitrogen and oxygen atoms in total. The van der Waals surface area contributed by atoms with Gasteiger partial charge in [0.15, 0.2) is 0 Å². The summed E-state index contributed by atoms with van der Waals surface area (Å²) in [7, 11) is 6.64. The molecule has 0 unspecified atom stereocenters. The summed E-state index contributed by atoms with van der Waals surface area (Å²) in [4.78, 5) is 0. The number of quaternary nitrogens is 1. The maximum atomic E-state index is 9.29. The molecule has 1 aliphatic carbocycles. The van der Waals surface area contributed by atoms with Gasteiger partial charge in [0.05, 0.1) is 33.8 Å². The molecular weight excluding hydrogens is 265 g/mol. The number of nitrogens with zero attached hydrogens (tertiary/aromatic N) is 1. The van der Waals surface area contributed by atoms with E-state index in [1.807, 2.05) is 0 Å². The van der Waals surface area contributed by atoms with E-state index in [0.717, 1.165) is 23.2 Å². The summed E-state index contributed by atoms with van der Waals surface area (Å²) in [6.07, 6.45) is 3.25. The SMILES string of the molecule is C[N+](C)(C)C[C@H]1CC[C@@H](O)C1.[I-]. The molecule has 0 aromatic rings. The van der Waals surface area contributed by atoms with Crippen LogP contribution in [0.15, 0.2) is 0 Å². The van der Waals surface area contributed by atoms with Crippen LogP contribution in [0.2, 0.25) is 0 Å². The largest absolute Gasteiger partial charge is 1.00 e. The average molecular weight is 285 g/mol.